The fourth-order valence-electron chi connectivity index (χ4n) is 3.76. The van der Waals surface area contributed by atoms with E-state index in [1.54, 1.807) is 0 Å². The Hall–Kier alpha value is -1.74. The van der Waals surface area contributed by atoms with Crippen molar-refractivity contribution in [1.82, 2.24) is 25.1 Å². The highest BCUT2D eigenvalue weighted by Crippen LogP contribution is 2.30. The molecule has 0 radical (unpaired) electrons. The summed E-state index contributed by atoms with van der Waals surface area (Å²) >= 11 is 0. The Morgan fingerprint density at radius 1 is 1.33 bits per heavy atom. The van der Waals surface area contributed by atoms with Crippen molar-refractivity contribution in [2.24, 2.45) is 5.92 Å². The van der Waals surface area contributed by atoms with Gasteiger partial charge in [0.05, 0.1) is 12.7 Å². The molecule has 0 bridgehead atoms. The van der Waals surface area contributed by atoms with E-state index in [0.29, 0.717) is 11.7 Å². The quantitative estimate of drug-likeness (QED) is 0.636. The minimum absolute atomic E-state index is 0.00444. The fourth-order valence-corrected chi connectivity index (χ4v) is 4.65. The number of H-pyrrole nitrogens is 1. The highest BCUT2D eigenvalue weighted by molar-refractivity contribution is 7.89. The summed E-state index contributed by atoms with van der Waals surface area (Å²) in [6.07, 6.45) is 13.9. The van der Waals surface area contributed by atoms with Crippen molar-refractivity contribution in [2.75, 3.05) is 0 Å². The van der Waals surface area contributed by atoms with Crippen molar-refractivity contribution >= 4 is 10.0 Å². The second-order valence-electron chi connectivity index (χ2n) is 7.35. The number of aromatic nitrogens is 4. The third-order valence-corrected chi connectivity index (χ3v) is 6.79. The zero-order valence-electron chi connectivity index (χ0n) is 15.9. The minimum Gasteiger partial charge on any atom is -0.339 e. The van der Waals surface area contributed by atoms with Crippen LogP contribution in [0.4, 0.5) is 0 Å². The zero-order chi connectivity index (χ0) is 19.1. The Bertz CT molecular complexity index is 782. The van der Waals surface area contributed by atoms with Crippen molar-refractivity contribution < 1.29 is 12.9 Å². The van der Waals surface area contributed by atoms with Gasteiger partial charge in [0.1, 0.15) is 4.90 Å². The van der Waals surface area contributed by atoms with E-state index in [1.165, 1.54) is 57.3 Å². The molecule has 2 aromatic heterocycles. The van der Waals surface area contributed by atoms with Gasteiger partial charge >= 0.3 is 0 Å². The molecule has 1 fully saturated rings. The van der Waals surface area contributed by atoms with Gasteiger partial charge in [0, 0.05) is 12.1 Å². The minimum atomic E-state index is -3.62. The molecule has 0 unspecified atom stereocenters. The number of aromatic amines is 1. The van der Waals surface area contributed by atoms with Crippen LogP contribution in [0.3, 0.4) is 0 Å². The average molecular weight is 396 g/mol. The number of nitrogens with one attached hydrogen (secondary N) is 2. The molecule has 27 heavy (non-hydrogen) atoms. The van der Waals surface area contributed by atoms with Crippen LogP contribution < -0.4 is 4.72 Å². The summed E-state index contributed by atoms with van der Waals surface area (Å²) in [6.45, 7) is 2.12. The van der Waals surface area contributed by atoms with Gasteiger partial charge in [-0.1, -0.05) is 57.0 Å². The predicted octanol–water partition coefficient (Wildman–Crippen LogP) is 3.52. The maximum atomic E-state index is 12.1. The molecule has 3 rings (SSSR count). The molecule has 1 saturated carbocycles. The Labute approximate surface area is 160 Å². The number of hydrogen-bond acceptors (Lipinski definition) is 6. The first-order chi connectivity index (χ1) is 13.1. The molecular formula is C18H29N5O3S. The molecule has 0 aromatic carbocycles. The van der Waals surface area contributed by atoms with Gasteiger partial charge in [-0.15, -0.1) is 0 Å². The maximum Gasteiger partial charge on any atom is 0.244 e. The van der Waals surface area contributed by atoms with Crippen LogP contribution in [0, 0.1) is 5.92 Å². The lowest BCUT2D eigenvalue weighted by Gasteiger charge is -2.21. The van der Waals surface area contributed by atoms with Crippen LogP contribution in [0.25, 0.3) is 0 Å². The van der Waals surface area contributed by atoms with E-state index < -0.39 is 10.0 Å². The van der Waals surface area contributed by atoms with Gasteiger partial charge in [-0.25, -0.2) is 13.1 Å². The summed E-state index contributed by atoms with van der Waals surface area (Å²) in [4.78, 5) is 4.49. The largest absolute Gasteiger partial charge is 0.339 e. The van der Waals surface area contributed by atoms with E-state index in [-0.39, 0.29) is 17.4 Å². The van der Waals surface area contributed by atoms with Gasteiger partial charge in [-0.05, 0) is 18.8 Å². The Morgan fingerprint density at radius 2 is 2.15 bits per heavy atom. The van der Waals surface area contributed by atoms with Gasteiger partial charge in [0.15, 0.2) is 5.82 Å². The summed E-state index contributed by atoms with van der Waals surface area (Å²) in [5, 5.41) is 10.1. The molecule has 2 heterocycles. The van der Waals surface area contributed by atoms with E-state index in [1.807, 2.05) is 0 Å². The van der Waals surface area contributed by atoms with Crippen LogP contribution >= 0.6 is 0 Å². The van der Waals surface area contributed by atoms with Crippen LogP contribution in [-0.4, -0.2) is 28.8 Å². The molecule has 9 heteroatoms. The highest BCUT2D eigenvalue weighted by Gasteiger charge is 2.21. The normalized spacial score (nSPS) is 17.2. The Kier molecular flexibility index (Phi) is 7.01. The van der Waals surface area contributed by atoms with E-state index >= 15 is 0 Å². The topological polar surface area (TPSA) is 114 Å². The van der Waals surface area contributed by atoms with Crippen LogP contribution in [0.1, 0.15) is 82.3 Å². The maximum absolute atomic E-state index is 12.1. The first kappa shape index (κ1) is 20.0. The van der Waals surface area contributed by atoms with Crippen molar-refractivity contribution in [3.8, 4) is 0 Å². The fraction of sp³-hybridized carbons (Fsp3) is 0.722. The van der Waals surface area contributed by atoms with E-state index in [4.69, 9.17) is 4.52 Å². The second-order valence-corrected chi connectivity index (χ2v) is 9.11. The monoisotopic (exact) mass is 395 g/mol. The third-order valence-electron chi connectivity index (χ3n) is 5.42. The highest BCUT2D eigenvalue weighted by atomic mass is 32.2. The molecule has 2 aromatic rings. The predicted molar refractivity (Wildman–Crippen MR) is 100 cm³/mol. The average Bonchev–Trinajstić information content (AvgIpc) is 3.37. The first-order valence-electron chi connectivity index (χ1n) is 9.89. The molecule has 8 nitrogen and oxygen atoms in total. The lowest BCUT2D eigenvalue weighted by atomic mass is 9.84. The smallest absolute Gasteiger partial charge is 0.244 e. The van der Waals surface area contributed by atoms with E-state index in [9.17, 15) is 8.42 Å². The standard InChI is InChI=1S/C18H29N5O3S/c1-2-15(10-6-9-14-7-4-3-5-8-14)18-22-17(23-26-18)13-21-27(24,25)16-11-19-20-12-16/h11-12,14-15,21H,2-10,13H2,1H3,(H,19,20)/t15-/m1/s1. The Balaban J connectivity index is 1.49. The van der Waals surface area contributed by atoms with Crippen molar-refractivity contribution in [1.29, 1.82) is 0 Å². The summed E-state index contributed by atoms with van der Waals surface area (Å²) in [7, 11) is -3.62. The van der Waals surface area contributed by atoms with E-state index in [0.717, 1.165) is 18.8 Å². The molecule has 0 aliphatic heterocycles. The Morgan fingerprint density at radius 3 is 2.85 bits per heavy atom. The van der Waals surface area contributed by atoms with Gasteiger partial charge in [-0.3, -0.25) is 5.10 Å². The lowest BCUT2D eigenvalue weighted by molar-refractivity contribution is 0.307. The number of nitrogens with zero attached hydrogens (tertiary/aromatic N) is 3. The first-order valence-corrected chi connectivity index (χ1v) is 11.4. The van der Waals surface area contributed by atoms with Crippen molar-refractivity contribution in [3.63, 3.8) is 0 Å². The van der Waals surface area contributed by atoms with Gasteiger partial charge < -0.3 is 4.52 Å². The molecule has 150 valence electrons. The van der Waals surface area contributed by atoms with E-state index in [2.05, 4.69) is 32.0 Å². The molecule has 0 saturated heterocycles. The molecule has 2 N–H and O–H groups in total. The van der Waals surface area contributed by atoms with Crippen LogP contribution in [0.2, 0.25) is 0 Å². The van der Waals surface area contributed by atoms with Crippen molar-refractivity contribution in [2.45, 2.75) is 82.1 Å². The van der Waals surface area contributed by atoms with Gasteiger partial charge in [0.25, 0.3) is 0 Å². The molecule has 0 spiro atoms. The summed E-state index contributed by atoms with van der Waals surface area (Å²) < 4.78 is 32.1. The molecule has 0 amide bonds. The van der Waals surface area contributed by atoms with Crippen LogP contribution in [-0.2, 0) is 16.6 Å². The number of hydrogen-bond donors (Lipinski definition) is 2. The zero-order valence-corrected chi connectivity index (χ0v) is 16.7. The van der Waals surface area contributed by atoms with Gasteiger partial charge in [-0.2, -0.15) is 10.1 Å². The third kappa shape index (κ3) is 5.62. The SMILES string of the molecule is CC[C@H](CCCC1CCCCC1)c1nc(CNS(=O)(=O)c2cn[nH]c2)no1. The van der Waals surface area contributed by atoms with Crippen LogP contribution in [0.15, 0.2) is 21.8 Å². The molecule has 1 aliphatic carbocycles. The molecule has 1 aliphatic rings. The molecule has 1 atom stereocenters. The number of sulfonamides is 1. The van der Waals surface area contributed by atoms with Crippen molar-refractivity contribution in [3.05, 3.63) is 24.1 Å². The summed E-state index contributed by atoms with van der Waals surface area (Å²) in [5.74, 6) is 2.08. The number of rotatable bonds is 10. The lowest BCUT2D eigenvalue weighted by Crippen LogP contribution is -2.23. The van der Waals surface area contributed by atoms with Gasteiger partial charge in [0.2, 0.25) is 15.9 Å². The van der Waals surface area contributed by atoms with Crippen LogP contribution in [0.5, 0.6) is 0 Å². The summed E-state index contributed by atoms with van der Waals surface area (Å²) in [5.41, 5.74) is 0. The second kappa shape index (κ2) is 9.45. The summed E-state index contributed by atoms with van der Waals surface area (Å²) in [6, 6.07) is 0. The molecular weight excluding hydrogens is 366 g/mol.